The molecule has 114 valence electrons. The first-order chi connectivity index (χ1) is 9.95. The van der Waals surface area contributed by atoms with Gasteiger partial charge in [-0.25, -0.2) is 9.18 Å². The Hall–Kier alpha value is -1.70. The van der Waals surface area contributed by atoms with E-state index in [0.717, 1.165) is 34.6 Å². The first kappa shape index (κ1) is 14.2. The number of amides is 2. The topological polar surface area (TPSA) is 93.0 Å². The van der Waals surface area contributed by atoms with Gasteiger partial charge in [0.15, 0.2) is 0 Å². The van der Waals surface area contributed by atoms with Gasteiger partial charge in [0.05, 0.1) is 6.61 Å². The second-order valence-electron chi connectivity index (χ2n) is 5.54. The Labute approximate surface area is 120 Å². The Kier molecular flexibility index (Phi) is 3.35. The average Bonchev–Trinajstić information content (AvgIpc) is 3.24. The van der Waals surface area contributed by atoms with Crippen LogP contribution in [0, 0.1) is 0 Å². The standard InChI is InChI=1S/C14H17FN2O4/c1-6-4-17(14(21)16-10(6)7-2-3-7)11-9(15)8(5-18)12(19)13(11)20/h4,11-13,18-20H,2-3,5H2,1H3,(H,16,21)/t11-,12-,13+/m1/s1. The molecule has 7 heteroatoms. The van der Waals surface area contributed by atoms with E-state index < -0.39 is 36.7 Å². The number of nitrogens with one attached hydrogen (secondary N) is 1. The van der Waals surface area contributed by atoms with Crippen LogP contribution in [0.25, 0.3) is 0 Å². The summed E-state index contributed by atoms with van der Waals surface area (Å²) >= 11 is 0. The van der Waals surface area contributed by atoms with Crippen molar-refractivity contribution in [2.75, 3.05) is 6.61 Å². The van der Waals surface area contributed by atoms with Gasteiger partial charge in [-0.2, -0.15) is 0 Å². The zero-order chi connectivity index (χ0) is 15.3. The molecule has 2 amide bonds. The molecule has 3 atom stereocenters. The van der Waals surface area contributed by atoms with Crippen molar-refractivity contribution >= 4 is 6.03 Å². The number of urea groups is 1. The highest BCUT2D eigenvalue weighted by atomic mass is 19.1. The maximum atomic E-state index is 14.2. The van der Waals surface area contributed by atoms with E-state index in [-0.39, 0.29) is 5.57 Å². The summed E-state index contributed by atoms with van der Waals surface area (Å²) in [6.45, 7) is 1.09. The molecular formula is C14H17FN2O4. The summed E-state index contributed by atoms with van der Waals surface area (Å²) in [5, 5.41) is 31.5. The van der Waals surface area contributed by atoms with Crippen LogP contribution in [0.2, 0.25) is 0 Å². The minimum atomic E-state index is -1.51. The second kappa shape index (κ2) is 4.94. The predicted molar refractivity (Wildman–Crippen MR) is 71.4 cm³/mol. The molecule has 0 radical (unpaired) electrons. The average molecular weight is 296 g/mol. The van der Waals surface area contributed by atoms with Crippen LogP contribution >= 0.6 is 0 Å². The number of carbonyl (C=O) groups excluding carboxylic acids is 1. The van der Waals surface area contributed by atoms with Crippen LogP contribution in [0.5, 0.6) is 0 Å². The predicted octanol–water partition coefficient (Wildman–Crippen LogP) is 0.283. The molecule has 1 fully saturated rings. The molecule has 1 heterocycles. The van der Waals surface area contributed by atoms with Crippen molar-refractivity contribution in [2.24, 2.45) is 0 Å². The summed E-state index contributed by atoms with van der Waals surface area (Å²) < 4.78 is 14.2. The van der Waals surface area contributed by atoms with Gasteiger partial charge in [-0.05, 0) is 30.9 Å². The highest BCUT2D eigenvalue weighted by Gasteiger charge is 2.46. The van der Waals surface area contributed by atoms with Crippen LogP contribution < -0.4 is 5.32 Å². The highest BCUT2D eigenvalue weighted by Crippen LogP contribution is 2.37. The molecule has 6 nitrogen and oxygen atoms in total. The Morgan fingerprint density at radius 1 is 1.43 bits per heavy atom. The molecule has 4 N–H and O–H groups in total. The van der Waals surface area contributed by atoms with Crippen LogP contribution in [-0.2, 0) is 0 Å². The van der Waals surface area contributed by atoms with E-state index in [9.17, 15) is 19.4 Å². The number of allylic oxidation sites excluding steroid dienone is 2. The van der Waals surface area contributed by atoms with Gasteiger partial charge in [-0.3, -0.25) is 4.90 Å². The number of halogens is 1. The van der Waals surface area contributed by atoms with Crippen molar-refractivity contribution in [3.8, 4) is 0 Å². The van der Waals surface area contributed by atoms with Gasteiger partial charge >= 0.3 is 6.03 Å². The largest absolute Gasteiger partial charge is 0.392 e. The van der Waals surface area contributed by atoms with E-state index in [1.54, 1.807) is 6.92 Å². The smallest absolute Gasteiger partial charge is 0.326 e. The molecule has 0 spiro atoms. The Morgan fingerprint density at radius 3 is 2.62 bits per heavy atom. The first-order valence-corrected chi connectivity index (χ1v) is 6.81. The maximum absolute atomic E-state index is 14.2. The molecule has 0 unspecified atom stereocenters. The Morgan fingerprint density at radius 2 is 2.10 bits per heavy atom. The summed E-state index contributed by atoms with van der Waals surface area (Å²) in [5.41, 5.74) is 2.40. The molecule has 21 heavy (non-hydrogen) atoms. The number of rotatable bonds is 2. The minimum Gasteiger partial charge on any atom is -0.392 e. The lowest BCUT2D eigenvalue weighted by Crippen LogP contribution is -2.51. The lowest BCUT2D eigenvalue weighted by atomic mass is 10.1. The van der Waals surface area contributed by atoms with E-state index in [0.29, 0.717) is 0 Å². The zero-order valence-electron chi connectivity index (χ0n) is 11.5. The third-order valence-corrected chi connectivity index (χ3v) is 4.09. The van der Waals surface area contributed by atoms with Gasteiger partial charge in [0.1, 0.15) is 24.1 Å². The zero-order valence-corrected chi connectivity index (χ0v) is 11.5. The van der Waals surface area contributed by atoms with Crippen molar-refractivity contribution in [1.82, 2.24) is 10.2 Å². The van der Waals surface area contributed by atoms with E-state index in [1.807, 2.05) is 0 Å². The fraction of sp³-hybridized carbons (Fsp3) is 0.500. The van der Waals surface area contributed by atoms with Crippen LogP contribution in [0.4, 0.5) is 9.18 Å². The Balaban J connectivity index is 1.96. The molecule has 3 rings (SSSR count). The number of hydrogen-bond donors (Lipinski definition) is 4. The van der Waals surface area contributed by atoms with Gasteiger partial charge in [0.25, 0.3) is 0 Å². The third kappa shape index (κ3) is 2.17. The molecule has 2 aliphatic carbocycles. The van der Waals surface area contributed by atoms with Crippen molar-refractivity contribution in [3.63, 3.8) is 0 Å². The van der Waals surface area contributed by atoms with Crippen molar-refractivity contribution in [2.45, 2.75) is 38.0 Å². The van der Waals surface area contributed by atoms with Crippen molar-refractivity contribution in [3.05, 3.63) is 34.4 Å². The molecular weight excluding hydrogens is 279 g/mol. The number of aliphatic hydroxyl groups is 3. The van der Waals surface area contributed by atoms with Crippen molar-refractivity contribution < 1.29 is 24.5 Å². The molecule has 1 aliphatic heterocycles. The number of aliphatic hydroxyl groups excluding tert-OH is 3. The number of hydrogen-bond acceptors (Lipinski definition) is 4. The maximum Gasteiger partial charge on any atom is 0.326 e. The molecule has 0 aromatic carbocycles. The van der Waals surface area contributed by atoms with Gasteiger partial charge in [-0.1, -0.05) is 0 Å². The number of carbonyl (C=O) groups is 1. The molecule has 0 aromatic rings. The van der Waals surface area contributed by atoms with Gasteiger partial charge in [0.2, 0.25) is 0 Å². The minimum absolute atomic E-state index is 0.280. The summed E-state index contributed by atoms with van der Waals surface area (Å²) in [6, 6.07) is -1.87. The molecule has 3 aliphatic rings. The van der Waals surface area contributed by atoms with Crippen LogP contribution in [-0.4, -0.2) is 51.1 Å². The summed E-state index contributed by atoms with van der Waals surface area (Å²) in [6.07, 6.45) is 0.338. The van der Waals surface area contributed by atoms with Gasteiger partial charge in [-0.15, -0.1) is 0 Å². The van der Waals surface area contributed by atoms with Gasteiger partial charge in [0, 0.05) is 17.5 Å². The number of nitrogens with zero attached hydrogens (tertiary/aromatic N) is 1. The summed E-state index contributed by atoms with van der Waals surface area (Å²) in [7, 11) is 0. The normalized spacial score (nSPS) is 32.6. The molecule has 0 aromatic heterocycles. The lowest BCUT2D eigenvalue weighted by Gasteiger charge is -2.33. The van der Waals surface area contributed by atoms with E-state index >= 15 is 0 Å². The lowest BCUT2D eigenvalue weighted by molar-refractivity contribution is 0.0168. The molecule has 1 saturated carbocycles. The molecule has 0 saturated heterocycles. The summed E-state index contributed by atoms with van der Waals surface area (Å²) in [4.78, 5) is 13.2. The van der Waals surface area contributed by atoms with E-state index in [1.165, 1.54) is 6.20 Å². The van der Waals surface area contributed by atoms with Crippen LogP contribution in [0.3, 0.4) is 0 Å². The fourth-order valence-electron chi connectivity index (χ4n) is 2.80. The first-order valence-electron chi connectivity index (χ1n) is 6.81. The second-order valence-corrected chi connectivity index (χ2v) is 5.54. The quantitative estimate of drug-likeness (QED) is 0.589. The van der Waals surface area contributed by atoms with E-state index in [4.69, 9.17) is 5.11 Å². The van der Waals surface area contributed by atoms with Gasteiger partial charge < -0.3 is 20.6 Å². The highest BCUT2D eigenvalue weighted by molar-refractivity contribution is 5.81. The summed E-state index contributed by atoms with van der Waals surface area (Å²) in [5.74, 6) is -0.862. The SMILES string of the molecule is CC1=CN([C@@H]2C(F)=C(CO)[C@@H](O)[C@H]2O)C(=O)NC1=C1CC1. The van der Waals surface area contributed by atoms with Crippen LogP contribution in [0.1, 0.15) is 19.8 Å². The Bertz CT molecular complexity index is 590. The monoisotopic (exact) mass is 296 g/mol. The fourth-order valence-corrected chi connectivity index (χ4v) is 2.80. The van der Waals surface area contributed by atoms with Crippen molar-refractivity contribution in [1.29, 1.82) is 0 Å². The van der Waals surface area contributed by atoms with Crippen LogP contribution in [0.15, 0.2) is 34.4 Å². The van der Waals surface area contributed by atoms with E-state index in [2.05, 4.69) is 5.32 Å². The third-order valence-electron chi connectivity index (χ3n) is 4.09. The molecule has 0 bridgehead atoms.